The molecule has 0 radical (unpaired) electrons. The maximum absolute atomic E-state index is 13.5. The van der Waals surface area contributed by atoms with Gasteiger partial charge in [-0.2, -0.15) is 0 Å². The van der Waals surface area contributed by atoms with Crippen molar-refractivity contribution < 1.29 is 14.0 Å². The second-order valence-electron chi connectivity index (χ2n) is 4.07. The first-order valence-corrected chi connectivity index (χ1v) is 5.75. The number of hydrogen-bond acceptors (Lipinski definition) is 2. The molecule has 0 saturated heterocycles. The molecule has 1 amide bonds. The lowest BCUT2D eigenvalue weighted by Gasteiger charge is -2.05. The number of hydrogen-bond donors (Lipinski definition) is 1. The van der Waals surface area contributed by atoms with Crippen molar-refractivity contribution >= 4 is 17.4 Å². The van der Waals surface area contributed by atoms with E-state index in [1.165, 1.54) is 25.1 Å². The first kappa shape index (κ1) is 13.0. The molecular weight excluding hydrogens is 245 g/mol. The Morgan fingerprint density at radius 1 is 1.00 bits per heavy atom. The lowest BCUT2D eigenvalue weighted by Crippen LogP contribution is -2.07. The standard InChI is InChI=1S/C15H12FNO2/c1-10(18)17-12-8-6-11(7-9-12)15(19)13-4-2-3-5-14(13)16/h2-9H,1H3,(H,17,18). The fourth-order valence-electron chi connectivity index (χ4n) is 1.71. The summed E-state index contributed by atoms with van der Waals surface area (Å²) in [5, 5.41) is 2.60. The third kappa shape index (κ3) is 3.04. The molecule has 0 aliphatic heterocycles. The van der Waals surface area contributed by atoms with Gasteiger partial charge in [0, 0.05) is 18.2 Å². The number of ketones is 1. The van der Waals surface area contributed by atoms with Gasteiger partial charge in [-0.25, -0.2) is 4.39 Å². The van der Waals surface area contributed by atoms with Gasteiger partial charge in [0.1, 0.15) is 5.82 Å². The zero-order chi connectivity index (χ0) is 13.8. The Kier molecular flexibility index (Phi) is 3.71. The van der Waals surface area contributed by atoms with Crippen LogP contribution in [0, 0.1) is 5.82 Å². The summed E-state index contributed by atoms with van der Waals surface area (Å²) in [7, 11) is 0. The van der Waals surface area contributed by atoms with E-state index >= 15 is 0 Å². The Balaban J connectivity index is 2.25. The van der Waals surface area contributed by atoms with Crippen LogP contribution < -0.4 is 5.32 Å². The number of halogens is 1. The molecule has 19 heavy (non-hydrogen) atoms. The Labute approximate surface area is 110 Å². The van der Waals surface area contributed by atoms with Crippen LogP contribution in [0.1, 0.15) is 22.8 Å². The average molecular weight is 257 g/mol. The molecule has 96 valence electrons. The largest absolute Gasteiger partial charge is 0.326 e. The fraction of sp³-hybridized carbons (Fsp3) is 0.0667. The summed E-state index contributed by atoms with van der Waals surface area (Å²) in [5.74, 6) is -1.11. The first-order chi connectivity index (χ1) is 9.08. The quantitative estimate of drug-likeness (QED) is 0.859. The topological polar surface area (TPSA) is 46.2 Å². The Hall–Kier alpha value is -2.49. The second kappa shape index (κ2) is 5.44. The van der Waals surface area contributed by atoms with Gasteiger partial charge in [0.05, 0.1) is 5.56 Å². The normalized spacial score (nSPS) is 10.0. The summed E-state index contributed by atoms with van der Waals surface area (Å²) >= 11 is 0. The predicted molar refractivity (Wildman–Crippen MR) is 70.6 cm³/mol. The lowest BCUT2D eigenvalue weighted by atomic mass is 10.0. The van der Waals surface area contributed by atoms with Gasteiger partial charge in [-0.15, -0.1) is 0 Å². The summed E-state index contributed by atoms with van der Waals surface area (Å²) in [4.78, 5) is 22.9. The number of carbonyl (C=O) groups is 2. The van der Waals surface area contributed by atoms with Crippen molar-refractivity contribution in [3.05, 3.63) is 65.5 Å². The van der Waals surface area contributed by atoms with Crippen molar-refractivity contribution in [2.24, 2.45) is 0 Å². The SMILES string of the molecule is CC(=O)Nc1ccc(C(=O)c2ccccc2F)cc1. The zero-order valence-electron chi connectivity index (χ0n) is 10.3. The van der Waals surface area contributed by atoms with Gasteiger partial charge in [-0.1, -0.05) is 12.1 Å². The highest BCUT2D eigenvalue weighted by molar-refractivity contribution is 6.09. The molecule has 3 nitrogen and oxygen atoms in total. The predicted octanol–water partition coefficient (Wildman–Crippen LogP) is 3.02. The number of nitrogens with one attached hydrogen (secondary N) is 1. The summed E-state index contributed by atoms with van der Waals surface area (Å²) in [5.41, 5.74) is 1.01. The van der Waals surface area contributed by atoms with Crippen LogP contribution in [0.4, 0.5) is 10.1 Å². The fourth-order valence-corrected chi connectivity index (χ4v) is 1.71. The molecule has 0 heterocycles. The number of benzene rings is 2. The Morgan fingerprint density at radius 2 is 1.63 bits per heavy atom. The molecule has 4 heteroatoms. The van der Waals surface area contributed by atoms with Crippen molar-refractivity contribution in [2.45, 2.75) is 6.92 Å². The molecule has 0 unspecified atom stereocenters. The van der Waals surface area contributed by atoms with Crippen LogP contribution in [-0.4, -0.2) is 11.7 Å². The molecule has 2 aromatic carbocycles. The van der Waals surface area contributed by atoms with Gasteiger partial charge in [0.15, 0.2) is 5.78 Å². The van der Waals surface area contributed by atoms with E-state index in [2.05, 4.69) is 5.32 Å². The van der Waals surface area contributed by atoms with Crippen LogP contribution >= 0.6 is 0 Å². The number of anilines is 1. The highest BCUT2D eigenvalue weighted by Crippen LogP contribution is 2.15. The summed E-state index contributed by atoms with van der Waals surface area (Å²) < 4.78 is 13.5. The van der Waals surface area contributed by atoms with E-state index in [0.29, 0.717) is 11.3 Å². The number of carbonyl (C=O) groups excluding carboxylic acids is 2. The molecule has 1 N–H and O–H groups in total. The molecular formula is C15H12FNO2. The van der Waals surface area contributed by atoms with Gasteiger partial charge in [0.25, 0.3) is 0 Å². The molecule has 0 spiro atoms. The van der Waals surface area contributed by atoms with E-state index in [-0.39, 0.29) is 17.3 Å². The minimum Gasteiger partial charge on any atom is -0.326 e. The second-order valence-corrected chi connectivity index (χ2v) is 4.07. The molecule has 0 fully saturated rings. The van der Waals surface area contributed by atoms with E-state index in [1.807, 2.05) is 0 Å². The van der Waals surface area contributed by atoms with Gasteiger partial charge >= 0.3 is 0 Å². The molecule has 0 aliphatic carbocycles. The van der Waals surface area contributed by atoms with Crippen molar-refractivity contribution in [1.29, 1.82) is 0 Å². The van der Waals surface area contributed by atoms with Crippen LogP contribution in [0.25, 0.3) is 0 Å². The van der Waals surface area contributed by atoms with E-state index in [4.69, 9.17) is 0 Å². The highest BCUT2D eigenvalue weighted by atomic mass is 19.1. The van der Waals surface area contributed by atoms with Crippen molar-refractivity contribution in [3.63, 3.8) is 0 Å². The van der Waals surface area contributed by atoms with E-state index in [9.17, 15) is 14.0 Å². The molecule has 0 aliphatic rings. The first-order valence-electron chi connectivity index (χ1n) is 5.75. The molecule has 0 bridgehead atoms. The van der Waals surface area contributed by atoms with Gasteiger partial charge in [-0.05, 0) is 36.4 Å². The average Bonchev–Trinajstić information content (AvgIpc) is 2.39. The minimum atomic E-state index is -0.543. The van der Waals surface area contributed by atoms with Gasteiger partial charge < -0.3 is 5.32 Å². The van der Waals surface area contributed by atoms with Crippen molar-refractivity contribution in [2.75, 3.05) is 5.32 Å². The molecule has 0 atom stereocenters. The van der Waals surface area contributed by atoms with E-state index < -0.39 is 5.82 Å². The third-order valence-electron chi connectivity index (χ3n) is 2.59. The van der Waals surface area contributed by atoms with Gasteiger partial charge in [0.2, 0.25) is 5.91 Å². The lowest BCUT2D eigenvalue weighted by molar-refractivity contribution is -0.114. The summed E-state index contributed by atoms with van der Waals surface area (Å²) in [6, 6.07) is 12.2. The molecule has 0 aromatic heterocycles. The smallest absolute Gasteiger partial charge is 0.221 e. The zero-order valence-corrected chi connectivity index (χ0v) is 10.3. The third-order valence-corrected chi connectivity index (χ3v) is 2.59. The maximum atomic E-state index is 13.5. The number of rotatable bonds is 3. The van der Waals surface area contributed by atoms with Gasteiger partial charge in [-0.3, -0.25) is 9.59 Å². The Bertz CT molecular complexity index is 620. The van der Waals surface area contributed by atoms with Crippen LogP contribution in [0.15, 0.2) is 48.5 Å². The number of amides is 1. The molecule has 0 saturated carbocycles. The Morgan fingerprint density at radius 3 is 2.21 bits per heavy atom. The van der Waals surface area contributed by atoms with E-state index in [0.717, 1.165) is 0 Å². The van der Waals surface area contributed by atoms with E-state index in [1.54, 1.807) is 30.3 Å². The maximum Gasteiger partial charge on any atom is 0.221 e. The molecule has 2 rings (SSSR count). The van der Waals surface area contributed by atoms with Crippen LogP contribution in [0.5, 0.6) is 0 Å². The van der Waals surface area contributed by atoms with Crippen LogP contribution in [0.2, 0.25) is 0 Å². The minimum absolute atomic E-state index is 0.0368. The summed E-state index contributed by atoms with van der Waals surface area (Å²) in [6.07, 6.45) is 0. The van der Waals surface area contributed by atoms with Crippen LogP contribution in [0.3, 0.4) is 0 Å². The van der Waals surface area contributed by atoms with Crippen LogP contribution in [-0.2, 0) is 4.79 Å². The molecule has 2 aromatic rings. The van der Waals surface area contributed by atoms with Crippen molar-refractivity contribution in [3.8, 4) is 0 Å². The summed E-state index contributed by atoms with van der Waals surface area (Å²) in [6.45, 7) is 1.40. The highest BCUT2D eigenvalue weighted by Gasteiger charge is 2.13. The monoisotopic (exact) mass is 257 g/mol. The van der Waals surface area contributed by atoms with Crippen molar-refractivity contribution in [1.82, 2.24) is 0 Å².